The highest BCUT2D eigenvalue weighted by atomic mass is 19.3. The Morgan fingerprint density at radius 3 is 2.62 bits per heavy atom. The molecule has 0 fully saturated rings. The Kier molecular flexibility index (Phi) is 6.58. The second-order valence-electron chi connectivity index (χ2n) is 4.20. The van der Waals surface area contributed by atoms with Gasteiger partial charge in [0.2, 0.25) is 0 Å². The number of benzene rings is 1. The van der Waals surface area contributed by atoms with Gasteiger partial charge in [-0.05, 0) is 25.0 Å². The molecule has 0 spiro atoms. The van der Waals surface area contributed by atoms with E-state index < -0.39 is 19.0 Å². The lowest BCUT2D eigenvalue weighted by molar-refractivity contribution is -0.143. The summed E-state index contributed by atoms with van der Waals surface area (Å²) in [5.41, 5.74) is 0.796. The molecule has 0 saturated heterocycles. The van der Waals surface area contributed by atoms with Gasteiger partial charge in [-0.3, -0.25) is 9.59 Å². The third-order valence-corrected chi connectivity index (χ3v) is 2.61. The van der Waals surface area contributed by atoms with Gasteiger partial charge in [-0.25, -0.2) is 0 Å². The van der Waals surface area contributed by atoms with Crippen LogP contribution in [0.25, 0.3) is 0 Å². The van der Waals surface area contributed by atoms with Crippen molar-refractivity contribution in [2.45, 2.75) is 32.8 Å². The molecule has 0 saturated carbocycles. The zero-order valence-corrected chi connectivity index (χ0v) is 11.5. The molecule has 21 heavy (non-hydrogen) atoms. The van der Waals surface area contributed by atoms with Gasteiger partial charge in [0.05, 0.1) is 13.0 Å². The Balaban J connectivity index is 2.82. The fraction of sp³-hybridized carbons (Fsp3) is 0.429. The van der Waals surface area contributed by atoms with E-state index in [9.17, 15) is 18.4 Å². The van der Waals surface area contributed by atoms with Crippen molar-refractivity contribution < 1.29 is 33.0 Å². The molecule has 0 atom stereocenters. The van der Waals surface area contributed by atoms with Crippen molar-refractivity contribution in [1.82, 2.24) is 0 Å². The van der Waals surface area contributed by atoms with Gasteiger partial charge in [-0.2, -0.15) is 8.78 Å². The van der Waals surface area contributed by atoms with Gasteiger partial charge in [0.15, 0.2) is 0 Å². The number of ether oxygens (including phenoxy) is 2. The molecule has 0 aliphatic heterocycles. The summed E-state index contributed by atoms with van der Waals surface area (Å²) in [6.07, 6.45) is 0.0329. The number of halogens is 2. The minimum Gasteiger partial charge on any atom is -0.481 e. The van der Waals surface area contributed by atoms with Crippen LogP contribution in [0.2, 0.25) is 0 Å². The summed E-state index contributed by atoms with van der Waals surface area (Å²) in [7, 11) is 0. The first-order valence-electron chi connectivity index (χ1n) is 6.36. The van der Waals surface area contributed by atoms with Gasteiger partial charge < -0.3 is 14.6 Å². The highest BCUT2D eigenvalue weighted by molar-refractivity contribution is 5.72. The number of carbonyl (C=O) groups is 2. The summed E-state index contributed by atoms with van der Waals surface area (Å²) in [4.78, 5) is 22.0. The highest BCUT2D eigenvalue weighted by Crippen LogP contribution is 2.23. The molecule has 0 aliphatic rings. The van der Waals surface area contributed by atoms with Crippen LogP contribution in [0.1, 0.15) is 24.5 Å². The predicted octanol–water partition coefficient (Wildman–Crippen LogP) is 2.41. The molecule has 0 amide bonds. The van der Waals surface area contributed by atoms with Crippen LogP contribution < -0.4 is 4.74 Å². The number of esters is 1. The largest absolute Gasteiger partial charge is 0.481 e. The Bertz CT molecular complexity index is 502. The van der Waals surface area contributed by atoms with E-state index in [0.29, 0.717) is 12.0 Å². The monoisotopic (exact) mass is 302 g/mol. The number of hydrogen-bond donors (Lipinski definition) is 1. The number of hydrogen-bond acceptors (Lipinski definition) is 4. The topological polar surface area (TPSA) is 72.8 Å². The molecular formula is C14H16F2O5. The van der Waals surface area contributed by atoms with E-state index in [1.807, 2.05) is 0 Å². The van der Waals surface area contributed by atoms with E-state index in [4.69, 9.17) is 9.84 Å². The van der Waals surface area contributed by atoms with Crippen molar-refractivity contribution in [1.29, 1.82) is 0 Å². The summed E-state index contributed by atoms with van der Waals surface area (Å²) in [5, 5.41) is 8.79. The number of aryl methyl sites for hydroxylation is 1. The van der Waals surface area contributed by atoms with Crippen LogP contribution in [-0.2, 0) is 27.2 Å². The molecule has 1 N–H and O–H groups in total. The second kappa shape index (κ2) is 8.18. The van der Waals surface area contributed by atoms with Gasteiger partial charge >= 0.3 is 18.6 Å². The molecule has 1 aromatic rings. The van der Waals surface area contributed by atoms with Crippen LogP contribution in [-0.4, -0.2) is 30.3 Å². The molecule has 7 heteroatoms. The first kappa shape index (κ1) is 16.9. The molecule has 0 bridgehead atoms. The fourth-order valence-electron chi connectivity index (χ4n) is 1.78. The molecule has 5 nitrogen and oxygen atoms in total. The first-order chi connectivity index (χ1) is 9.92. The van der Waals surface area contributed by atoms with Gasteiger partial charge in [-0.15, -0.1) is 0 Å². The van der Waals surface area contributed by atoms with Gasteiger partial charge in [0.25, 0.3) is 0 Å². The van der Waals surface area contributed by atoms with Crippen molar-refractivity contribution in [3.8, 4) is 5.75 Å². The standard InChI is InChI=1S/C14H16F2O5/c1-2-20-13(19)6-4-9-3-5-11(21-14(15)16)10(7-9)8-12(17)18/h3,5,7,14H,2,4,6,8H2,1H3,(H,17,18). The fourth-order valence-corrected chi connectivity index (χ4v) is 1.78. The number of rotatable bonds is 8. The average Bonchev–Trinajstić information content (AvgIpc) is 2.38. The first-order valence-corrected chi connectivity index (χ1v) is 6.36. The van der Waals surface area contributed by atoms with E-state index in [1.54, 1.807) is 6.92 Å². The Labute approximate surface area is 120 Å². The number of carboxylic acids is 1. The third-order valence-electron chi connectivity index (χ3n) is 2.61. The summed E-state index contributed by atoms with van der Waals surface area (Å²) in [6.45, 7) is -1.05. The molecule has 0 radical (unpaired) electrons. The maximum Gasteiger partial charge on any atom is 0.387 e. The third kappa shape index (κ3) is 6.20. The normalized spacial score (nSPS) is 10.5. The molecular weight excluding hydrogens is 286 g/mol. The van der Waals surface area contributed by atoms with Crippen molar-refractivity contribution in [2.75, 3.05) is 6.61 Å². The predicted molar refractivity (Wildman–Crippen MR) is 69.4 cm³/mol. The van der Waals surface area contributed by atoms with Crippen molar-refractivity contribution in [3.63, 3.8) is 0 Å². The Morgan fingerprint density at radius 1 is 1.33 bits per heavy atom. The summed E-state index contributed by atoms with van der Waals surface area (Å²) < 4.78 is 33.5. The van der Waals surface area contributed by atoms with Crippen LogP contribution in [0.5, 0.6) is 5.75 Å². The molecule has 0 unspecified atom stereocenters. The number of carbonyl (C=O) groups excluding carboxylic acids is 1. The number of carboxylic acid groups (broad SMARTS) is 1. The minimum absolute atomic E-state index is 0.134. The smallest absolute Gasteiger partial charge is 0.387 e. The van der Waals surface area contributed by atoms with Crippen LogP contribution in [0, 0.1) is 0 Å². The maximum atomic E-state index is 12.2. The summed E-state index contributed by atoms with van der Waals surface area (Å²) >= 11 is 0. The lowest BCUT2D eigenvalue weighted by Crippen LogP contribution is -2.09. The van der Waals surface area contributed by atoms with Gasteiger partial charge in [0.1, 0.15) is 5.75 Å². The molecule has 0 heterocycles. The van der Waals surface area contributed by atoms with Crippen LogP contribution >= 0.6 is 0 Å². The highest BCUT2D eigenvalue weighted by Gasteiger charge is 2.13. The number of aliphatic carboxylic acids is 1. The Hall–Kier alpha value is -2.18. The average molecular weight is 302 g/mol. The summed E-state index contributed by atoms with van der Waals surface area (Å²) in [6, 6.07) is 4.25. The van der Waals surface area contributed by atoms with Crippen molar-refractivity contribution in [3.05, 3.63) is 29.3 Å². The van der Waals surface area contributed by atoms with E-state index in [2.05, 4.69) is 4.74 Å². The van der Waals surface area contributed by atoms with E-state index >= 15 is 0 Å². The van der Waals surface area contributed by atoms with Crippen LogP contribution in [0.3, 0.4) is 0 Å². The van der Waals surface area contributed by atoms with E-state index in [1.165, 1.54) is 18.2 Å². The van der Waals surface area contributed by atoms with Gasteiger partial charge in [0, 0.05) is 12.0 Å². The Morgan fingerprint density at radius 2 is 2.05 bits per heavy atom. The van der Waals surface area contributed by atoms with Crippen LogP contribution in [0.15, 0.2) is 18.2 Å². The zero-order valence-electron chi connectivity index (χ0n) is 11.5. The van der Waals surface area contributed by atoms with Crippen molar-refractivity contribution in [2.24, 2.45) is 0 Å². The number of alkyl halides is 2. The van der Waals surface area contributed by atoms with E-state index in [-0.39, 0.29) is 30.3 Å². The quantitative estimate of drug-likeness (QED) is 0.747. The van der Waals surface area contributed by atoms with Gasteiger partial charge in [-0.1, -0.05) is 12.1 Å². The lowest BCUT2D eigenvalue weighted by atomic mass is 10.0. The van der Waals surface area contributed by atoms with E-state index in [0.717, 1.165) is 0 Å². The summed E-state index contributed by atoms with van der Waals surface area (Å²) in [5.74, 6) is -1.70. The van der Waals surface area contributed by atoms with Crippen molar-refractivity contribution >= 4 is 11.9 Å². The lowest BCUT2D eigenvalue weighted by Gasteiger charge is -2.11. The maximum absolute atomic E-state index is 12.2. The molecule has 116 valence electrons. The minimum atomic E-state index is -3.03. The molecule has 1 rings (SSSR count). The SMILES string of the molecule is CCOC(=O)CCc1ccc(OC(F)F)c(CC(=O)O)c1. The molecule has 0 aromatic heterocycles. The second-order valence-corrected chi connectivity index (χ2v) is 4.20. The van der Waals surface area contributed by atoms with Crippen LogP contribution in [0.4, 0.5) is 8.78 Å². The zero-order chi connectivity index (χ0) is 15.8. The molecule has 1 aromatic carbocycles. The molecule has 0 aliphatic carbocycles.